The van der Waals surface area contributed by atoms with Crippen LogP contribution >= 0.6 is 11.6 Å². The molecular formula is C52H75ClO18. The second-order valence-electron chi connectivity index (χ2n) is 19.3. The molecule has 3 aliphatic heterocycles. The van der Waals surface area contributed by atoms with Crippen LogP contribution in [0.25, 0.3) is 0 Å². The Labute approximate surface area is 421 Å². The number of allylic oxidation sites excluding steroid dienone is 4. The Morgan fingerprint density at radius 1 is 0.944 bits per heavy atom. The summed E-state index contributed by atoms with van der Waals surface area (Å²) in [4.78, 5) is 39.9. The summed E-state index contributed by atoms with van der Waals surface area (Å²) in [7, 11) is 1.28. The van der Waals surface area contributed by atoms with Crippen LogP contribution in [-0.4, -0.2) is 153 Å². The number of ether oxygens (including phenoxy) is 8. The zero-order valence-corrected chi connectivity index (χ0v) is 43.5. The van der Waals surface area contributed by atoms with Gasteiger partial charge in [0, 0.05) is 19.4 Å². The number of carbonyl (C=O) groups excluding carboxylic acids is 3. The molecule has 3 heterocycles. The number of hydrogen-bond acceptors (Lipinski definition) is 18. The summed E-state index contributed by atoms with van der Waals surface area (Å²) < 4.78 is 47.5. The molecule has 0 saturated carbocycles. The fourth-order valence-corrected chi connectivity index (χ4v) is 8.67. The summed E-state index contributed by atoms with van der Waals surface area (Å²) >= 11 is 6.02. The fourth-order valence-electron chi connectivity index (χ4n) is 8.53. The van der Waals surface area contributed by atoms with Gasteiger partial charge in [0.25, 0.3) is 0 Å². The van der Waals surface area contributed by atoms with Crippen LogP contribution in [0.1, 0.15) is 111 Å². The number of methoxy groups -OCH3 is 1. The van der Waals surface area contributed by atoms with Crippen molar-refractivity contribution in [2.45, 2.75) is 187 Å². The monoisotopic (exact) mass is 1020 g/mol. The van der Waals surface area contributed by atoms with Crippen LogP contribution in [0.4, 0.5) is 0 Å². The first-order valence-corrected chi connectivity index (χ1v) is 24.4. The molecule has 0 aliphatic carbocycles. The third kappa shape index (κ3) is 15.0. The Balaban J connectivity index is 1.60. The summed E-state index contributed by atoms with van der Waals surface area (Å²) in [5.41, 5.74) is 0.654. The van der Waals surface area contributed by atoms with Gasteiger partial charge < -0.3 is 73.6 Å². The van der Waals surface area contributed by atoms with Crippen molar-refractivity contribution in [1.29, 1.82) is 0 Å². The minimum Gasteiger partial charge on any atom is -0.506 e. The Morgan fingerprint density at radius 2 is 1.62 bits per heavy atom. The second kappa shape index (κ2) is 26.2. The Morgan fingerprint density at radius 3 is 2.23 bits per heavy atom. The molecule has 0 bridgehead atoms. The summed E-state index contributed by atoms with van der Waals surface area (Å²) in [5.74, 6) is -4.42. The van der Waals surface area contributed by atoms with Crippen LogP contribution < -0.4 is 0 Å². The zero-order valence-electron chi connectivity index (χ0n) is 42.7. The van der Waals surface area contributed by atoms with Crippen molar-refractivity contribution in [3.8, 4) is 11.5 Å². The molecule has 0 radical (unpaired) electrons. The van der Waals surface area contributed by atoms with Crippen molar-refractivity contribution in [3.05, 3.63) is 81.0 Å². The number of aryl methyl sites for hydroxylation is 1. The normalized spacial score (nSPS) is 35.1. The molecule has 1 aromatic carbocycles. The Kier molecular flexibility index (Phi) is 21.9. The van der Waals surface area contributed by atoms with Crippen molar-refractivity contribution < 1.29 is 88.0 Å². The molecule has 19 heteroatoms. The van der Waals surface area contributed by atoms with Gasteiger partial charge in [-0.1, -0.05) is 75.2 Å². The van der Waals surface area contributed by atoms with Gasteiger partial charge in [-0.15, -0.1) is 0 Å². The lowest BCUT2D eigenvalue weighted by Crippen LogP contribution is -2.64. The van der Waals surface area contributed by atoms with Crippen molar-refractivity contribution in [2.75, 3.05) is 13.7 Å². The van der Waals surface area contributed by atoms with Gasteiger partial charge in [-0.3, -0.25) is 4.79 Å². The molecule has 2 fully saturated rings. The average Bonchev–Trinajstić information content (AvgIpc) is 3.30. The van der Waals surface area contributed by atoms with Crippen molar-refractivity contribution >= 4 is 29.5 Å². The molecule has 2 saturated heterocycles. The van der Waals surface area contributed by atoms with E-state index in [1.54, 1.807) is 53.7 Å². The lowest BCUT2D eigenvalue weighted by Gasteiger charge is -2.47. The number of esters is 3. The van der Waals surface area contributed by atoms with Gasteiger partial charge in [-0.2, -0.15) is 0 Å². The quantitative estimate of drug-likeness (QED) is 0.0722. The molecule has 0 aromatic heterocycles. The highest BCUT2D eigenvalue weighted by molar-refractivity contribution is 6.34. The van der Waals surface area contributed by atoms with Gasteiger partial charge >= 0.3 is 17.9 Å². The number of rotatable bonds is 13. The third-order valence-electron chi connectivity index (χ3n) is 12.9. The van der Waals surface area contributed by atoms with Gasteiger partial charge in [-0.05, 0) is 96.6 Å². The first-order chi connectivity index (χ1) is 33.3. The number of aromatic hydroxyl groups is 2. The number of carbonyl (C=O) groups is 3. The van der Waals surface area contributed by atoms with Crippen LogP contribution in [0, 0.1) is 11.8 Å². The number of phenolic OH excluding ortho intramolecular Hbond substituents is 2. The van der Waals surface area contributed by atoms with Gasteiger partial charge in [0.1, 0.15) is 52.5 Å². The highest BCUT2D eigenvalue weighted by atomic mass is 35.5. The first kappa shape index (κ1) is 59.4. The van der Waals surface area contributed by atoms with E-state index < -0.39 is 132 Å². The molecule has 4 rings (SSSR count). The molecule has 398 valence electrons. The molecule has 0 spiro atoms. The van der Waals surface area contributed by atoms with Crippen LogP contribution in [0.5, 0.6) is 11.5 Å². The molecule has 9 unspecified atom stereocenters. The van der Waals surface area contributed by atoms with E-state index in [2.05, 4.69) is 0 Å². The number of benzene rings is 1. The molecule has 0 amide bonds. The Bertz CT molecular complexity index is 2160. The summed E-state index contributed by atoms with van der Waals surface area (Å²) in [6, 6.07) is 1.24. The summed E-state index contributed by atoms with van der Waals surface area (Å²) in [6.45, 7) is 18.2. The lowest BCUT2D eigenvalue weighted by atomic mass is 9.88. The number of phenols is 2. The standard InChI is InChI=1S/C52H75ClO18/c1-13-31-23-35(56)38(53)39(57)37(31)49(63)68-44-30(9)66-51(45(64-12)42(44)60)65-24-33-17-15-16-18-34(55)27(6)22-32(14-2)43(28(7)21-26(5)19-20-36(29(8)54)67-48(33)62)69-50-41(59)40(58)46(52(10,11)71-50)70-47(61)25(3)4/h15-17,19,21-23,25,29-30,32,34,36,40-46,50-51,54-60H,13-14,18,20,24H2,1-12H3/b16-15+,26-19+,27-22+,28-21+,33-17+/t29-,30?,32+,34+,36+,40?,41?,42?,43-,44?,45?,46?,50?,51?/m1/s1. The maximum Gasteiger partial charge on any atom is 0.342 e. The Hall–Kier alpha value is -4.18. The number of aliphatic hydroxyl groups excluding tert-OH is 5. The van der Waals surface area contributed by atoms with Gasteiger partial charge in [-0.25, -0.2) is 9.59 Å². The molecule has 7 N–H and O–H groups in total. The van der Waals surface area contributed by atoms with E-state index in [4.69, 9.17) is 49.5 Å². The largest absolute Gasteiger partial charge is 0.506 e. The van der Waals surface area contributed by atoms with Crippen molar-refractivity contribution in [3.63, 3.8) is 0 Å². The van der Waals surface area contributed by atoms with E-state index in [-0.39, 0.29) is 41.9 Å². The van der Waals surface area contributed by atoms with Gasteiger partial charge in [0.2, 0.25) is 0 Å². The highest BCUT2D eigenvalue weighted by Crippen LogP contribution is 2.40. The number of cyclic esters (lactones) is 1. The number of hydrogen-bond donors (Lipinski definition) is 7. The summed E-state index contributed by atoms with van der Waals surface area (Å²) in [6.07, 6.45) is -5.05. The lowest BCUT2D eigenvalue weighted by molar-refractivity contribution is -0.333. The molecule has 18 nitrogen and oxygen atoms in total. The number of aliphatic hydroxyl groups is 5. The molecule has 3 aliphatic rings. The van der Waals surface area contributed by atoms with E-state index in [0.29, 0.717) is 23.1 Å². The van der Waals surface area contributed by atoms with E-state index in [0.717, 1.165) is 0 Å². The molecular weight excluding hydrogens is 948 g/mol. The van der Waals surface area contributed by atoms with Crippen LogP contribution in [0.3, 0.4) is 0 Å². The highest BCUT2D eigenvalue weighted by Gasteiger charge is 2.53. The smallest absolute Gasteiger partial charge is 0.342 e. The van der Waals surface area contributed by atoms with Crippen molar-refractivity contribution in [1.82, 2.24) is 0 Å². The van der Waals surface area contributed by atoms with E-state index in [1.807, 2.05) is 32.9 Å². The van der Waals surface area contributed by atoms with E-state index >= 15 is 0 Å². The minimum atomic E-state index is -1.60. The SMILES string of the molecule is CCc1cc(O)c(Cl)c(O)c1C(=O)OC1C(C)OC(OC/C2=C\C=C\C[C@H](O)/C(C)=C/[C@H](CC)[C@H](OC3OC(C)(C)C(OC(=O)C(C)C)C(O)C3O)/C(C)=C/C(C)=C/C[C@@H]([C@@H](C)O)OC2=O)C(OC)C1O. The maximum atomic E-state index is 13.9. The predicted molar refractivity (Wildman–Crippen MR) is 260 cm³/mol. The molecule has 14 atom stereocenters. The second-order valence-corrected chi connectivity index (χ2v) is 19.7. The number of halogens is 1. The van der Waals surface area contributed by atoms with Crippen molar-refractivity contribution in [2.24, 2.45) is 11.8 Å². The first-order valence-electron chi connectivity index (χ1n) is 24.1. The third-order valence-corrected chi connectivity index (χ3v) is 13.3. The molecule has 71 heavy (non-hydrogen) atoms. The van der Waals surface area contributed by atoms with Gasteiger partial charge in [0.15, 0.2) is 30.5 Å². The topological polar surface area (TPSA) is 267 Å². The van der Waals surface area contributed by atoms with E-state index in [1.165, 1.54) is 39.2 Å². The fraction of sp³-hybridized carbons (Fsp3) is 0.635. The summed E-state index contributed by atoms with van der Waals surface area (Å²) in [5, 5.41) is 76.6. The van der Waals surface area contributed by atoms with Crippen LogP contribution in [-0.2, 0) is 53.9 Å². The zero-order chi connectivity index (χ0) is 53.2. The minimum absolute atomic E-state index is 0.0250. The average molecular weight is 1020 g/mol. The van der Waals surface area contributed by atoms with Crippen LogP contribution in [0.2, 0.25) is 5.02 Å². The van der Waals surface area contributed by atoms with Crippen LogP contribution in [0.15, 0.2) is 64.8 Å². The molecule has 1 aromatic rings. The van der Waals surface area contributed by atoms with Gasteiger partial charge in [0.05, 0.1) is 42.5 Å². The van der Waals surface area contributed by atoms with E-state index in [9.17, 15) is 50.1 Å². The predicted octanol–water partition coefficient (Wildman–Crippen LogP) is 5.58. The maximum absolute atomic E-state index is 13.9.